The molecule has 0 aliphatic heterocycles. The zero-order chi connectivity index (χ0) is 9.30. The molecule has 0 spiro atoms. The van der Waals surface area contributed by atoms with Gasteiger partial charge in [-0.1, -0.05) is 23.7 Å². The van der Waals surface area contributed by atoms with Crippen molar-refractivity contribution in [3.63, 3.8) is 0 Å². The average molecular weight is 186 g/mol. The Morgan fingerprint density at radius 3 is 2.58 bits per heavy atom. The maximum absolute atomic E-state index is 9.54. The van der Waals surface area contributed by atoms with Crippen LogP contribution in [0.2, 0.25) is 5.02 Å². The number of hydrogen-bond donors (Lipinski definition) is 2. The first-order valence-electron chi connectivity index (χ1n) is 3.77. The van der Waals surface area contributed by atoms with Gasteiger partial charge in [-0.3, -0.25) is 0 Å². The van der Waals surface area contributed by atoms with Crippen LogP contribution in [0.15, 0.2) is 12.1 Å². The maximum atomic E-state index is 9.54. The van der Waals surface area contributed by atoms with Crippen LogP contribution in [-0.2, 0) is 0 Å². The van der Waals surface area contributed by atoms with E-state index in [-0.39, 0.29) is 11.8 Å². The quantitative estimate of drug-likeness (QED) is 0.706. The van der Waals surface area contributed by atoms with Gasteiger partial charge in [-0.25, -0.2) is 0 Å². The van der Waals surface area contributed by atoms with Crippen molar-refractivity contribution in [2.75, 3.05) is 0 Å². The Morgan fingerprint density at radius 1 is 1.50 bits per heavy atom. The summed E-state index contributed by atoms with van der Waals surface area (Å²) in [6.45, 7) is 3.65. The number of aromatic hydroxyl groups is 1. The normalized spacial score (nSPS) is 13.0. The van der Waals surface area contributed by atoms with Crippen LogP contribution in [0, 0.1) is 6.92 Å². The van der Waals surface area contributed by atoms with E-state index in [4.69, 9.17) is 17.3 Å². The molecular formula is C9H12ClNO. The molecule has 0 fully saturated rings. The van der Waals surface area contributed by atoms with Gasteiger partial charge in [-0.2, -0.15) is 0 Å². The molecule has 0 saturated heterocycles. The third-order valence-corrected chi connectivity index (χ3v) is 2.31. The van der Waals surface area contributed by atoms with E-state index < -0.39 is 0 Å². The number of rotatable bonds is 1. The van der Waals surface area contributed by atoms with Gasteiger partial charge in [0.1, 0.15) is 5.75 Å². The lowest BCUT2D eigenvalue weighted by Gasteiger charge is -2.10. The molecule has 0 aliphatic carbocycles. The van der Waals surface area contributed by atoms with E-state index in [0.29, 0.717) is 10.6 Å². The number of phenolic OH excluding ortho intramolecular Hbond substituents is 1. The van der Waals surface area contributed by atoms with E-state index in [2.05, 4.69) is 0 Å². The Hall–Kier alpha value is -0.730. The van der Waals surface area contributed by atoms with Gasteiger partial charge in [0.2, 0.25) is 0 Å². The maximum Gasteiger partial charge on any atom is 0.139 e. The molecule has 2 nitrogen and oxygen atoms in total. The van der Waals surface area contributed by atoms with E-state index in [1.54, 1.807) is 13.0 Å². The lowest BCUT2D eigenvalue weighted by atomic mass is 10.1. The van der Waals surface area contributed by atoms with Crippen molar-refractivity contribution in [2.24, 2.45) is 5.73 Å². The smallest absolute Gasteiger partial charge is 0.139 e. The van der Waals surface area contributed by atoms with Gasteiger partial charge in [0.05, 0.1) is 5.02 Å². The SMILES string of the molecule is Cc1ccc(C(C)N)c(O)c1Cl. The zero-order valence-corrected chi connectivity index (χ0v) is 7.89. The zero-order valence-electron chi connectivity index (χ0n) is 7.13. The molecular weight excluding hydrogens is 174 g/mol. The Kier molecular flexibility index (Phi) is 2.60. The first-order valence-corrected chi connectivity index (χ1v) is 4.15. The van der Waals surface area contributed by atoms with Crippen LogP contribution in [0.4, 0.5) is 0 Å². The summed E-state index contributed by atoms with van der Waals surface area (Å²) in [4.78, 5) is 0. The summed E-state index contributed by atoms with van der Waals surface area (Å²) < 4.78 is 0. The minimum atomic E-state index is -0.192. The molecule has 0 heterocycles. The molecule has 3 heteroatoms. The summed E-state index contributed by atoms with van der Waals surface area (Å²) >= 11 is 5.82. The summed E-state index contributed by atoms with van der Waals surface area (Å²) in [5.74, 6) is 0.103. The van der Waals surface area contributed by atoms with E-state index in [0.717, 1.165) is 5.56 Å². The molecule has 66 valence electrons. The van der Waals surface area contributed by atoms with Crippen LogP contribution < -0.4 is 5.73 Å². The second kappa shape index (κ2) is 3.33. The molecule has 1 aromatic rings. The van der Waals surface area contributed by atoms with E-state index >= 15 is 0 Å². The van der Waals surface area contributed by atoms with Crippen molar-refractivity contribution in [3.05, 3.63) is 28.3 Å². The highest BCUT2D eigenvalue weighted by Crippen LogP contribution is 2.32. The molecule has 0 aliphatic rings. The van der Waals surface area contributed by atoms with Gasteiger partial charge in [0.15, 0.2) is 0 Å². The van der Waals surface area contributed by atoms with E-state index in [1.807, 2.05) is 13.0 Å². The van der Waals surface area contributed by atoms with Crippen molar-refractivity contribution in [1.82, 2.24) is 0 Å². The van der Waals surface area contributed by atoms with Gasteiger partial charge in [-0.15, -0.1) is 0 Å². The average Bonchev–Trinajstić information content (AvgIpc) is 2.00. The number of hydrogen-bond acceptors (Lipinski definition) is 2. The summed E-state index contributed by atoms with van der Waals surface area (Å²) in [5.41, 5.74) is 7.16. The van der Waals surface area contributed by atoms with Gasteiger partial charge in [0, 0.05) is 11.6 Å². The van der Waals surface area contributed by atoms with Gasteiger partial charge in [-0.05, 0) is 19.4 Å². The van der Waals surface area contributed by atoms with Crippen molar-refractivity contribution in [1.29, 1.82) is 0 Å². The van der Waals surface area contributed by atoms with Crippen LogP contribution in [-0.4, -0.2) is 5.11 Å². The van der Waals surface area contributed by atoms with Gasteiger partial charge < -0.3 is 10.8 Å². The third-order valence-electron chi connectivity index (χ3n) is 1.83. The van der Waals surface area contributed by atoms with Crippen molar-refractivity contribution < 1.29 is 5.11 Å². The number of benzene rings is 1. The van der Waals surface area contributed by atoms with Crippen molar-refractivity contribution >= 4 is 11.6 Å². The molecule has 3 N–H and O–H groups in total. The third kappa shape index (κ3) is 1.54. The highest BCUT2D eigenvalue weighted by atomic mass is 35.5. The fraction of sp³-hybridized carbons (Fsp3) is 0.333. The largest absolute Gasteiger partial charge is 0.506 e. The van der Waals surface area contributed by atoms with Crippen LogP contribution >= 0.6 is 11.6 Å². The fourth-order valence-corrected chi connectivity index (χ4v) is 1.22. The lowest BCUT2D eigenvalue weighted by molar-refractivity contribution is 0.463. The Balaban J connectivity index is 3.27. The topological polar surface area (TPSA) is 46.2 Å². The molecule has 0 bridgehead atoms. The standard InChI is InChI=1S/C9H12ClNO/c1-5-3-4-7(6(2)11)9(12)8(5)10/h3-4,6,12H,11H2,1-2H3. The first kappa shape index (κ1) is 9.36. The monoisotopic (exact) mass is 185 g/mol. The Bertz CT molecular complexity index is 297. The summed E-state index contributed by atoms with van der Waals surface area (Å²) in [6, 6.07) is 3.45. The van der Waals surface area contributed by atoms with Crippen LogP contribution in [0.25, 0.3) is 0 Å². The second-order valence-corrected chi connectivity index (χ2v) is 3.30. The summed E-state index contributed by atoms with van der Waals surface area (Å²) in [6.07, 6.45) is 0. The molecule has 0 amide bonds. The first-order chi connectivity index (χ1) is 5.54. The molecule has 12 heavy (non-hydrogen) atoms. The van der Waals surface area contributed by atoms with Crippen molar-refractivity contribution in [3.8, 4) is 5.75 Å². The van der Waals surface area contributed by atoms with Crippen LogP contribution in [0.5, 0.6) is 5.75 Å². The van der Waals surface area contributed by atoms with Crippen LogP contribution in [0.1, 0.15) is 24.1 Å². The van der Waals surface area contributed by atoms with Crippen LogP contribution in [0.3, 0.4) is 0 Å². The van der Waals surface area contributed by atoms with E-state index in [9.17, 15) is 5.11 Å². The minimum Gasteiger partial charge on any atom is -0.506 e. The molecule has 0 radical (unpaired) electrons. The predicted octanol–water partition coefficient (Wildman–Crippen LogP) is 2.37. The molecule has 0 aromatic heterocycles. The van der Waals surface area contributed by atoms with Crippen molar-refractivity contribution in [2.45, 2.75) is 19.9 Å². The fourth-order valence-electron chi connectivity index (χ4n) is 1.05. The summed E-state index contributed by atoms with van der Waals surface area (Å²) in [7, 11) is 0. The number of halogens is 1. The predicted molar refractivity (Wildman–Crippen MR) is 50.5 cm³/mol. The van der Waals surface area contributed by atoms with Gasteiger partial charge >= 0.3 is 0 Å². The Labute approximate surface area is 77.0 Å². The van der Waals surface area contributed by atoms with Gasteiger partial charge in [0.25, 0.3) is 0 Å². The summed E-state index contributed by atoms with van der Waals surface area (Å²) in [5, 5.41) is 9.93. The second-order valence-electron chi connectivity index (χ2n) is 2.92. The Morgan fingerprint density at radius 2 is 2.08 bits per heavy atom. The highest BCUT2D eigenvalue weighted by molar-refractivity contribution is 6.32. The number of aryl methyl sites for hydroxylation is 1. The molecule has 1 aromatic carbocycles. The molecule has 1 atom stereocenters. The molecule has 1 unspecified atom stereocenters. The molecule has 0 saturated carbocycles. The number of phenols is 1. The number of nitrogens with two attached hydrogens (primary N) is 1. The minimum absolute atomic E-state index is 0.103. The van der Waals surface area contributed by atoms with E-state index in [1.165, 1.54) is 0 Å². The lowest BCUT2D eigenvalue weighted by Crippen LogP contribution is -2.05. The molecule has 1 rings (SSSR count). The highest BCUT2D eigenvalue weighted by Gasteiger charge is 2.10.